The van der Waals surface area contributed by atoms with Gasteiger partial charge in [-0.3, -0.25) is 14.0 Å². The number of methoxy groups -OCH3 is 1. The van der Waals surface area contributed by atoms with Crippen LogP contribution < -0.4 is 15.6 Å². The van der Waals surface area contributed by atoms with E-state index in [1.54, 1.807) is 19.2 Å². The van der Waals surface area contributed by atoms with Gasteiger partial charge in [0.05, 0.1) is 17.3 Å². The molecule has 6 nitrogen and oxygen atoms in total. The molecule has 26 heavy (non-hydrogen) atoms. The Morgan fingerprint density at radius 2 is 2.04 bits per heavy atom. The molecular formula is C19H15N3O3S. The van der Waals surface area contributed by atoms with Crippen LogP contribution in [0.1, 0.15) is 15.9 Å². The van der Waals surface area contributed by atoms with E-state index < -0.39 is 5.91 Å². The van der Waals surface area contributed by atoms with E-state index in [1.807, 2.05) is 36.4 Å². The van der Waals surface area contributed by atoms with E-state index in [-0.39, 0.29) is 11.1 Å². The number of aromatic nitrogens is 2. The summed E-state index contributed by atoms with van der Waals surface area (Å²) in [6, 6.07) is 15.0. The van der Waals surface area contributed by atoms with Crippen molar-refractivity contribution in [3.63, 3.8) is 0 Å². The molecule has 0 bridgehead atoms. The van der Waals surface area contributed by atoms with Gasteiger partial charge in [0.2, 0.25) is 0 Å². The summed E-state index contributed by atoms with van der Waals surface area (Å²) in [4.78, 5) is 30.1. The minimum absolute atomic E-state index is 0.0222. The van der Waals surface area contributed by atoms with Gasteiger partial charge in [0, 0.05) is 12.7 Å². The molecule has 130 valence electrons. The summed E-state index contributed by atoms with van der Waals surface area (Å²) < 4.78 is 7.56. The zero-order valence-corrected chi connectivity index (χ0v) is 14.7. The van der Waals surface area contributed by atoms with Crippen LogP contribution in [0.5, 0.6) is 5.75 Å². The number of nitrogens with one attached hydrogen (secondary N) is 1. The van der Waals surface area contributed by atoms with Crippen LogP contribution in [-0.4, -0.2) is 22.4 Å². The van der Waals surface area contributed by atoms with Gasteiger partial charge in [-0.25, -0.2) is 4.98 Å². The van der Waals surface area contributed by atoms with Crippen LogP contribution in [-0.2, 0) is 6.54 Å². The van der Waals surface area contributed by atoms with Gasteiger partial charge >= 0.3 is 0 Å². The Morgan fingerprint density at radius 1 is 1.23 bits per heavy atom. The molecule has 4 rings (SSSR count). The lowest BCUT2D eigenvalue weighted by atomic mass is 10.2. The number of amides is 1. The molecule has 0 radical (unpaired) electrons. The minimum Gasteiger partial charge on any atom is -0.497 e. The highest BCUT2D eigenvalue weighted by atomic mass is 32.1. The standard InChI is InChI=1S/C19H15N3O3S/c1-25-13-7-8-15-16(9-13)26-19-21-11-14(18(24)22(15)19)17(23)20-10-12-5-3-2-4-6-12/h2-9,11H,10H2,1H3,(H,20,23). The summed E-state index contributed by atoms with van der Waals surface area (Å²) in [6.45, 7) is 0.351. The fourth-order valence-electron chi connectivity index (χ4n) is 2.74. The van der Waals surface area contributed by atoms with Gasteiger partial charge in [0.15, 0.2) is 4.96 Å². The van der Waals surface area contributed by atoms with E-state index in [0.717, 1.165) is 10.3 Å². The zero-order chi connectivity index (χ0) is 18.1. The lowest BCUT2D eigenvalue weighted by molar-refractivity contribution is 0.0949. The molecule has 0 aliphatic heterocycles. The Labute approximate surface area is 152 Å². The van der Waals surface area contributed by atoms with Crippen molar-refractivity contribution in [2.45, 2.75) is 6.54 Å². The van der Waals surface area contributed by atoms with Crippen LogP contribution in [0.15, 0.2) is 59.5 Å². The molecule has 2 aromatic heterocycles. The summed E-state index contributed by atoms with van der Waals surface area (Å²) in [5.74, 6) is 0.270. The number of nitrogens with zero attached hydrogens (tertiary/aromatic N) is 2. The Morgan fingerprint density at radius 3 is 2.81 bits per heavy atom. The molecule has 0 saturated carbocycles. The molecule has 0 unspecified atom stereocenters. The van der Waals surface area contributed by atoms with Crippen LogP contribution >= 0.6 is 11.3 Å². The predicted molar refractivity (Wildman–Crippen MR) is 101 cm³/mol. The number of ether oxygens (including phenoxy) is 1. The van der Waals surface area contributed by atoms with Crippen molar-refractivity contribution >= 4 is 32.4 Å². The number of thiazole rings is 1. The molecule has 0 fully saturated rings. The van der Waals surface area contributed by atoms with Crippen molar-refractivity contribution < 1.29 is 9.53 Å². The Bertz CT molecular complexity index is 1170. The van der Waals surface area contributed by atoms with E-state index >= 15 is 0 Å². The molecule has 0 aliphatic rings. The van der Waals surface area contributed by atoms with Crippen molar-refractivity contribution in [1.29, 1.82) is 0 Å². The highest BCUT2D eigenvalue weighted by Gasteiger charge is 2.16. The number of rotatable bonds is 4. The maximum absolute atomic E-state index is 12.8. The third-order valence-corrected chi connectivity index (χ3v) is 5.10. The van der Waals surface area contributed by atoms with Crippen molar-refractivity contribution in [1.82, 2.24) is 14.7 Å². The van der Waals surface area contributed by atoms with Crippen molar-refractivity contribution in [2.24, 2.45) is 0 Å². The SMILES string of the molecule is COc1ccc2c(c1)sc1ncc(C(=O)NCc3ccccc3)c(=O)n12. The number of carbonyl (C=O) groups is 1. The summed E-state index contributed by atoms with van der Waals surface area (Å²) in [5, 5.41) is 2.77. The van der Waals surface area contributed by atoms with Crippen molar-refractivity contribution in [3.05, 3.63) is 76.2 Å². The quantitative estimate of drug-likeness (QED) is 0.604. The Balaban J connectivity index is 1.71. The molecule has 1 amide bonds. The third-order valence-electron chi connectivity index (χ3n) is 4.08. The summed E-state index contributed by atoms with van der Waals surface area (Å²) in [5.41, 5.74) is 1.31. The first-order chi connectivity index (χ1) is 12.7. The van der Waals surface area contributed by atoms with E-state index in [1.165, 1.54) is 21.9 Å². The first-order valence-electron chi connectivity index (χ1n) is 7.98. The van der Waals surface area contributed by atoms with Crippen molar-refractivity contribution in [3.8, 4) is 5.75 Å². The summed E-state index contributed by atoms with van der Waals surface area (Å²) in [6.07, 6.45) is 1.34. The molecule has 0 saturated heterocycles. The average molecular weight is 365 g/mol. The van der Waals surface area contributed by atoms with E-state index in [4.69, 9.17) is 4.74 Å². The van der Waals surface area contributed by atoms with Crippen LogP contribution in [0.3, 0.4) is 0 Å². The smallest absolute Gasteiger partial charge is 0.271 e. The first-order valence-corrected chi connectivity index (χ1v) is 8.79. The molecular weight excluding hydrogens is 350 g/mol. The lowest BCUT2D eigenvalue weighted by Crippen LogP contribution is -2.31. The zero-order valence-electron chi connectivity index (χ0n) is 13.9. The van der Waals surface area contributed by atoms with Gasteiger partial charge in [-0.1, -0.05) is 41.7 Å². The fraction of sp³-hybridized carbons (Fsp3) is 0.105. The maximum Gasteiger partial charge on any atom is 0.271 e. The molecule has 0 atom stereocenters. The third kappa shape index (κ3) is 2.82. The average Bonchev–Trinajstić information content (AvgIpc) is 3.05. The van der Waals surface area contributed by atoms with Crippen molar-refractivity contribution in [2.75, 3.05) is 7.11 Å². The Hall–Kier alpha value is -3.19. The largest absolute Gasteiger partial charge is 0.497 e. The lowest BCUT2D eigenvalue weighted by Gasteiger charge is -2.05. The van der Waals surface area contributed by atoms with Gasteiger partial charge in [0.25, 0.3) is 11.5 Å². The monoisotopic (exact) mass is 365 g/mol. The minimum atomic E-state index is -0.436. The van der Waals surface area contributed by atoms with Gasteiger partial charge in [-0.15, -0.1) is 0 Å². The predicted octanol–water partition coefficient (Wildman–Crippen LogP) is 2.85. The molecule has 1 N–H and O–H groups in total. The van der Waals surface area contributed by atoms with E-state index in [2.05, 4.69) is 10.3 Å². The second-order valence-electron chi connectivity index (χ2n) is 5.70. The number of carbonyl (C=O) groups excluding carboxylic acids is 1. The van der Waals surface area contributed by atoms with Crippen LogP contribution in [0.2, 0.25) is 0 Å². The molecule has 7 heteroatoms. The van der Waals surface area contributed by atoms with Gasteiger partial charge < -0.3 is 10.1 Å². The summed E-state index contributed by atoms with van der Waals surface area (Å²) in [7, 11) is 1.59. The highest BCUT2D eigenvalue weighted by molar-refractivity contribution is 7.23. The van der Waals surface area contributed by atoms with Crippen LogP contribution in [0.25, 0.3) is 15.2 Å². The number of hydrogen-bond donors (Lipinski definition) is 1. The van der Waals surface area contributed by atoms with Gasteiger partial charge in [-0.05, 0) is 23.8 Å². The number of fused-ring (bicyclic) bond motifs is 3. The molecule has 2 aromatic carbocycles. The molecule has 0 spiro atoms. The van der Waals surface area contributed by atoms with Crippen LogP contribution in [0.4, 0.5) is 0 Å². The maximum atomic E-state index is 12.8. The second kappa shape index (κ2) is 6.61. The molecule has 4 aromatic rings. The topological polar surface area (TPSA) is 72.7 Å². The molecule has 0 aliphatic carbocycles. The van der Waals surface area contributed by atoms with E-state index in [9.17, 15) is 9.59 Å². The van der Waals surface area contributed by atoms with E-state index in [0.29, 0.717) is 22.8 Å². The summed E-state index contributed by atoms with van der Waals surface area (Å²) >= 11 is 1.38. The number of benzene rings is 2. The molecule has 2 heterocycles. The Kier molecular flexibility index (Phi) is 4.14. The van der Waals surface area contributed by atoms with Crippen LogP contribution in [0, 0.1) is 0 Å². The first kappa shape index (κ1) is 16.3. The second-order valence-corrected chi connectivity index (χ2v) is 6.71. The fourth-order valence-corrected chi connectivity index (χ4v) is 3.75. The number of hydrogen-bond acceptors (Lipinski definition) is 5. The highest BCUT2D eigenvalue weighted by Crippen LogP contribution is 2.27. The van der Waals surface area contributed by atoms with Gasteiger partial charge in [0.1, 0.15) is 11.3 Å². The van der Waals surface area contributed by atoms with Gasteiger partial charge in [-0.2, -0.15) is 0 Å². The normalized spacial score (nSPS) is 11.0.